The number of benzene rings is 1. The van der Waals surface area contributed by atoms with Gasteiger partial charge >= 0.3 is 0 Å². The Balaban J connectivity index is 1.61. The lowest BCUT2D eigenvalue weighted by molar-refractivity contribution is -0.117. The number of carbonyl (C=O) groups is 1. The van der Waals surface area contributed by atoms with Crippen LogP contribution in [0.25, 0.3) is 16.9 Å². The highest BCUT2D eigenvalue weighted by molar-refractivity contribution is 5.94. The second-order valence-electron chi connectivity index (χ2n) is 8.55. The molecule has 8 heteroatoms. The Labute approximate surface area is 209 Å². The van der Waals surface area contributed by atoms with E-state index in [2.05, 4.69) is 29.1 Å². The number of fused-ring (bicyclic) bond motifs is 2. The van der Waals surface area contributed by atoms with Gasteiger partial charge in [0, 0.05) is 24.4 Å². The summed E-state index contributed by atoms with van der Waals surface area (Å²) >= 11 is 0. The van der Waals surface area contributed by atoms with Crippen molar-refractivity contribution in [2.75, 3.05) is 24.3 Å². The summed E-state index contributed by atoms with van der Waals surface area (Å²) in [6.07, 6.45) is 1.97. The molecule has 1 unspecified atom stereocenters. The lowest BCUT2D eigenvalue weighted by atomic mass is 10.1. The Bertz CT molecular complexity index is 1580. The lowest BCUT2D eigenvalue weighted by Gasteiger charge is -2.12. The number of amides is 1. The van der Waals surface area contributed by atoms with Gasteiger partial charge in [0.05, 0.1) is 23.1 Å². The second kappa shape index (κ2) is 9.21. The molecule has 0 bridgehead atoms. The normalized spacial score (nSPS) is 13.1. The number of nitrogens with zero attached hydrogens (tertiary/aromatic N) is 4. The quantitative estimate of drug-likeness (QED) is 0.432. The molecule has 0 radical (unpaired) electrons. The second-order valence-corrected chi connectivity index (χ2v) is 8.55. The van der Waals surface area contributed by atoms with Crippen LogP contribution in [0.2, 0.25) is 0 Å². The van der Waals surface area contributed by atoms with Crippen molar-refractivity contribution in [3.63, 3.8) is 0 Å². The Morgan fingerprint density at radius 2 is 1.97 bits per heavy atom. The van der Waals surface area contributed by atoms with Gasteiger partial charge in [0.2, 0.25) is 5.91 Å². The number of imidazole rings is 1. The highest BCUT2D eigenvalue weighted by Crippen LogP contribution is 2.37. The number of carbonyl (C=O) groups excluding carboxylic acids is 1. The molecule has 1 aromatic carbocycles. The molecule has 0 spiro atoms. The van der Waals surface area contributed by atoms with Crippen LogP contribution in [0.1, 0.15) is 23.9 Å². The Hall–Kier alpha value is -4.61. The molecule has 5 rings (SSSR count). The van der Waals surface area contributed by atoms with Gasteiger partial charge in [-0.1, -0.05) is 12.0 Å². The van der Waals surface area contributed by atoms with Crippen molar-refractivity contribution in [1.82, 2.24) is 19.7 Å². The van der Waals surface area contributed by atoms with Gasteiger partial charge < -0.3 is 20.3 Å². The minimum Gasteiger partial charge on any atom is -0.439 e. The van der Waals surface area contributed by atoms with Gasteiger partial charge in [0.1, 0.15) is 17.2 Å². The fraction of sp³-hybridized carbons (Fsp3) is 0.179. The smallest absolute Gasteiger partial charge is 0.242 e. The van der Waals surface area contributed by atoms with E-state index in [1.165, 1.54) is 0 Å². The van der Waals surface area contributed by atoms with E-state index in [0.29, 0.717) is 17.4 Å². The number of rotatable bonds is 4. The molecule has 1 aliphatic rings. The molecule has 3 aromatic heterocycles. The summed E-state index contributed by atoms with van der Waals surface area (Å²) in [7, 11) is 3.64. The Morgan fingerprint density at radius 1 is 1.14 bits per heavy atom. The molecule has 1 amide bonds. The first-order chi connectivity index (χ1) is 17.4. The van der Waals surface area contributed by atoms with Crippen LogP contribution in [0.4, 0.5) is 11.5 Å². The van der Waals surface area contributed by atoms with Crippen LogP contribution in [0.5, 0.6) is 5.75 Å². The van der Waals surface area contributed by atoms with Gasteiger partial charge in [-0.2, -0.15) is 0 Å². The van der Waals surface area contributed by atoms with Crippen molar-refractivity contribution >= 4 is 23.1 Å². The summed E-state index contributed by atoms with van der Waals surface area (Å²) in [6.45, 7) is 7.66. The van der Waals surface area contributed by atoms with Gasteiger partial charge in [-0.25, -0.2) is 9.97 Å². The maximum absolute atomic E-state index is 12.5. The van der Waals surface area contributed by atoms with Crippen molar-refractivity contribution in [2.45, 2.75) is 19.9 Å². The fourth-order valence-corrected chi connectivity index (χ4v) is 4.02. The maximum Gasteiger partial charge on any atom is 0.242 e. The number of aromatic nitrogens is 3. The maximum atomic E-state index is 12.5. The lowest BCUT2D eigenvalue weighted by Crippen LogP contribution is -2.35. The summed E-state index contributed by atoms with van der Waals surface area (Å²) in [5.74, 6) is 8.04. The summed E-state index contributed by atoms with van der Waals surface area (Å²) in [4.78, 5) is 23.7. The number of likely N-dealkylation sites (N-methyl/N-ethyl adjacent to an activating group) is 1. The summed E-state index contributed by atoms with van der Waals surface area (Å²) < 4.78 is 7.68. The average Bonchev–Trinajstić information content (AvgIpc) is 3.36. The van der Waals surface area contributed by atoms with E-state index in [9.17, 15) is 4.79 Å². The fourth-order valence-electron chi connectivity index (χ4n) is 4.02. The first kappa shape index (κ1) is 23.1. The number of pyridine rings is 2. The predicted octanol–water partition coefficient (Wildman–Crippen LogP) is 3.95. The number of hydrogen-bond acceptors (Lipinski definition) is 6. The van der Waals surface area contributed by atoms with Gasteiger partial charge in [0.25, 0.3) is 0 Å². The van der Waals surface area contributed by atoms with Crippen molar-refractivity contribution in [2.24, 2.45) is 0 Å². The Morgan fingerprint density at radius 3 is 2.78 bits per heavy atom. The minimum absolute atomic E-state index is 0.176. The summed E-state index contributed by atoms with van der Waals surface area (Å²) in [6, 6.07) is 15.0. The molecule has 0 fully saturated rings. The summed E-state index contributed by atoms with van der Waals surface area (Å²) in [5, 5.41) is 5.80. The van der Waals surface area contributed by atoms with E-state index < -0.39 is 0 Å². The molecule has 0 aliphatic carbocycles. The van der Waals surface area contributed by atoms with Crippen LogP contribution in [0, 0.1) is 18.8 Å². The standard InChI is InChI=1S/C28H26N6O2/c1-17-27(34-15-7-6-8-26(34)30-17)21-11-14-25(32-28(35)18(2)29-4)31-22(21)12-9-20-10-13-24-23(16-20)33(5)19(3)36-24/h6-8,10-11,13-16,18,29H,3H2,1-2,4-5H3,(H,31,32,35). The first-order valence-corrected chi connectivity index (χ1v) is 11.6. The van der Waals surface area contributed by atoms with E-state index >= 15 is 0 Å². The van der Waals surface area contributed by atoms with Gasteiger partial charge in [-0.15, -0.1) is 0 Å². The van der Waals surface area contributed by atoms with Gasteiger partial charge in [-0.05, 0) is 75.9 Å². The van der Waals surface area contributed by atoms with Crippen molar-refractivity contribution in [3.8, 4) is 28.8 Å². The van der Waals surface area contributed by atoms with Gasteiger partial charge in [0.15, 0.2) is 11.6 Å². The van der Waals surface area contributed by atoms with E-state index in [1.807, 2.05) is 71.9 Å². The zero-order valence-electron chi connectivity index (χ0n) is 20.6. The van der Waals surface area contributed by atoms with Crippen LogP contribution in [0.15, 0.2) is 67.2 Å². The van der Waals surface area contributed by atoms with Crippen LogP contribution in [-0.4, -0.2) is 40.4 Å². The molecular weight excluding hydrogens is 452 g/mol. The summed E-state index contributed by atoms with van der Waals surface area (Å²) in [5.41, 5.74) is 5.68. The molecular formula is C28H26N6O2. The SMILES string of the molecule is C=C1Oc2ccc(C#Cc3nc(NC(=O)C(C)NC)ccc3-c3c(C)nc4ccccn34)cc2N1C. The molecule has 180 valence electrons. The molecule has 4 aromatic rings. The van der Waals surface area contributed by atoms with Crippen molar-refractivity contribution in [3.05, 3.63) is 84.1 Å². The molecule has 8 nitrogen and oxygen atoms in total. The predicted molar refractivity (Wildman–Crippen MR) is 141 cm³/mol. The van der Waals surface area contributed by atoms with E-state index in [4.69, 9.17) is 14.7 Å². The molecule has 1 atom stereocenters. The Kier molecular flexibility index (Phi) is 5.92. The highest BCUT2D eigenvalue weighted by atomic mass is 16.5. The number of ether oxygens (including phenoxy) is 1. The number of hydrogen-bond donors (Lipinski definition) is 2. The molecule has 0 saturated heterocycles. The number of nitrogens with one attached hydrogen (secondary N) is 2. The van der Waals surface area contributed by atoms with E-state index in [1.54, 1.807) is 20.0 Å². The largest absolute Gasteiger partial charge is 0.439 e. The van der Waals surface area contributed by atoms with Crippen molar-refractivity contribution < 1.29 is 9.53 Å². The van der Waals surface area contributed by atoms with Crippen LogP contribution in [-0.2, 0) is 4.79 Å². The third-order valence-corrected chi connectivity index (χ3v) is 6.18. The first-order valence-electron chi connectivity index (χ1n) is 11.6. The third-order valence-electron chi connectivity index (χ3n) is 6.18. The van der Waals surface area contributed by atoms with E-state index in [0.717, 1.165) is 39.6 Å². The monoisotopic (exact) mass is 478 g/mol. The molecule has 4 heterocycles. The van der Waals surface area contributed by atoms with Crippen LogP contribution in [0.3, 0.4) is 0 Å². The van der Waals surface area contributed by atoms with Crippen LogP contribution >= 0.6 is 0 Å². The van der Waals surface area contributed by atoms with Crippen molar-refractivity contribution in [1.29, 1.82) is 0 Å². The van der Waals surface area contributed by atoms with Gasteiger partial charge in [-0.3, -0.25) is 9.20 Å². The zero-order chi connectivity index (χ0) is 25.4. The number of aryl methyl sites for hydroxylation is 1. The minimum atomic E-state index is -0.359. The molecule has 2 N–H and O–H groups in total. The average molecular weight is 479 g/mol. The molecule has 36 heavy (non-hydrogen) atoms. The molecule has 0 saturated carbocycles. The number of anilines is 2. The van der Waals surface area contributed by atoms with Crippen LogP contribution < -0.4 is 20.3 Å². The third kappa shape index (κ3) is 4.17. The van der Waals surface area contributed by atoms with E-state index in [-0.39, 0.29) is 11.9 Å². The zero-order valence-corrected chi connectivity index (χ0v) is 20.6. The highest BCUT2D eigenvalue weighted by Gasteiger charge is 2.21. The topological polar surface area (TPSA) is 83.8 Å². The molecule has 1 aliphatic heterocycles.